The molecular formula is C20H25NO4. The minimum absolute atomic E-state index is 0.241. The number of hydrogen-bond donors (Lipinski definition) is 2. The van der Waals surface area contributed by atoms with Crippen molar-refractivity contribution in [2.45, 2.75) is 31.8 Å². The van der Waals surface area contributed by atoms with E-state index in [1.807, 2.05) is 74.5 Å². The molecule has 2 aromatic carbocycles. The number of benzene rings is 2. The third-order valence-corrected chi connectivity index (χ3v) is 4.16. The number of hydrogen-bond acceptors (Lipinski definition) is 4. The van der Waals surface area contributed by atoms with E-state index in [1.54, 1.807) is 7.11 Å². The Labute approximate surface area is 148 Å². The third-order valence-electron chi connectivity index (χ3n) is 4.16. The van der Waals surface area contributed by atoms with E-state index >= 15 is 0 Å². The molecule has 2 atom stereocenters. The fraction of sp³-hybridized carbons (Fsp3) is 0.350. The highest BCUT2D eigenvalue weighted by atomic mass is 16.6. The van der Waals surface area contributed by atoms with Gasteiger partial charge in [-0.1, -0.05) is 74.5 Å². The van der Waals surface area contributed by atoms with Gasteiger partial charge < -0.3 is 14.6 Å². The standard InChI is InChI=1S/C18H19NO4.C2H6/c1-22-18(13-8-4-2-5-9-13,14-10-6-3-7-11-14)17-19-12-15(23-17)16(20)21;1-2/h2-11,15,17,19H,12H2,1H3,(H,20,21);1-2H3/t15-,17?;/m1./s1. The average molecular weight is 343 g/mol. The van der Waals surface area contributed by atoms with Gasteiger partial charge in [-0.2, -0.15) is 0 Å². The molecule has 5 heteroatoms. The van der Waals surface area contributed by atoms with Crippen molar-refractivity contribution in [3.63, 3.8) is 0 Å². The first-order valence-electron chi connectivity index (χ1n) is 8.46. The second kappa shape index (κ2) is 8.76. The topological polar surface area (TPSA) is 67.8 Å². The van der Waals surface area contributed by atoms with Crippen molar-refractivity contribution in [2.75, 3.05) is 13.7 Å². The molecule has 0 spiro atoms. The van der Waals surface area contributed by atoms with Crippen molar-refractivity contribution in [1.82, 2.24) is 5.32 Å². The SMILES string of the molecule is CC.COC(c1ccccc1)(c1ccccc1)C1NC[C@H](C(=O)O)O1. The van der Waals surface area contributed by atoms with Crippen molar-refractivity contribution in [3.8, 4) is 0 Å². The van der Waals surface area contributed by atoms with E-state index < -0.39 is 23.9 Å². The molecule has 1 unspecified atom stereocenters. The van der Waals surface area contributed by atoms with Gasteiger partial charge >= 0.3 is 5.97 Å². The van der Waals surface area contributed by atoms with Gasteiger partial charge in [0.05, 0.1) is 0 Å². The molecule has 134 valence electrons. The third kappa shape index (κ3) is 3.74. The number of rotatable bonds is 5. The lowest BCUT2D eigenvalue weighted by Gasteiger charge is -2.38. The van der Waals surface area contributed by atoms with Gasteiger partial charge in [0, 0.05) is 13.7 Å². The number of ether oxygens (including phenoxy) is 2. The van der Waals surface area contributed by atoms with Crippen LogP contribution in [0.4, 0.5) is 0 Å². The average Bonchev–Trinajstić information content (AvgIpc) is 3.17. The number of carboxylic acids is 1. The first kappa shape index (κ1) is 19.1. The first-order chi connectivity index (χ1) is 12.2. The van der Waals surface area contributed by atoms with Crippen molar-refractivity contribution in [2.24, 2.45) is 0 Å². The smallest absolute Gasteiger partial charge is 0.334 e. The van der Waals surface area contributed by atoms with E-state index in [2.05, 4.69) is 5.32 Å². The summed E-state index contributed by atoms with van der Waals surface area (Å²) >= 11 is 0. The van der Waals surface area contributed by atoms with Gasteiger partial charge in [0.2, 0.25) is 0 Å². The molecule has 0 aliphatic carbocycles. The summed E-state index contributed by atoms with van der Waals surface area (Å²) in [5.74, 6) is -0.980. The normalized spacial score (nSPS) is 19.8. The van der Waals surface area contributed by atoms with E-state index in [0.717, 1.165) is 11.1 Å². The van der Waals surface area contributed by atoms with Gasteiger partial charge in [-0.05, 0) is 11.1 Å². The lowest BCUT2D eigenvalue weighted by Crippen LogP contribution is -2.48. The predicted octanol–water partition coefficient (Wildman–Crippen LogP) is 3.00. The molecule has 2 N–H and O–H groups in total. The van der Waals surface area contributed by atoms with Crippen molar-refractivity contribution in [1.29, 1.82) is 0 Å². The molecule has 0 bridgehead atoms. The monoisotopic (exact) mass is 343 g/mol. The van der Waals surface area contributed by atoms with Gasteiger partial charge in [0.15, 0.2) is 11.7 Å². The Morgan fingerprint density at radius 3 is 1.92 bits per heavy atom. The fourth-order valence-corrected chi connectivity index (χ4v) is 3.04. The summed E-state index contributed by atoms with van der Waals surface area (Å²) in [6.45, 7) is 4.24. The molecule has 25 heavy (non-hydrogen) atoms. The van der Waals surface area contributed by atoms with Crippen molar-refractivity contribution >= 4 is 5.97 Å². The largest absolute Gasteiger partial charge is 0.479 e. The lowest BCUT2D eigenvalue weighted by molar-refractivity contribution is -0.158. The predicted molar refractivity (Wildman–Crippen MR) is 96.3 cm³/mol. The summed E-state index contributed by atoms with van der Waals surface area (Å²) in [5.41, 5.74) is 0.877. The van der Waals surface area contributed by atoms with Crippen LogP contribution in [0.25, 0.3) is 0 Å². The molecule has 1 fully saturated rings. The molecule has 0 saturated carbocycles. The molecule has 3 rings (SSSR count). The Kier molecular flexibility index (Phi) is 6.70. The zero-order valence-electron chi connectivity index (χ0n) is 14.8. The molecule has 0 radical (unpaired) electrons. The van der Waals surface area contributed by atoms with Gasteiger partial charge in [-0.3, -0.25) is 5.32 Å². The lowest BCUT2D eigenvalue weighted by atomic mass is 9.84. The molecule has 0 amide bonds. The highest BCUT2D eigenvalue weighted by molar-refractivity contribution is 5.73. The number of nitrogens with one attached hydrogen (secondary N) is 1. The van der Waals surface area contributed by atoms with E-state index in [0.29, 0.717) is 0 Å². The van der Waals surface area contributed by atoms with Gasteiger partial charge in [0.25, 0.3) is 0 Å². The fourth-order valence-electron chi connectivity index (χ4n) is 3.04. The van der Waals surface area contributed by atoms with Crippen molar-refractivity contribution in [3.05, 3.63) is 71.8 Å². The Bertz CT molecular complexity index is 620. The van der Waals surface area contributed by atoms with Gasteiger partial charge in [-0.25, -0.2) is 4.79 Å². The summed E-state index contributed by atoms with van der Waals surface area (Å²) < 4.78 is 11.7. The second-order valence-electron chi connectivity index (χ2n) is 5.42. The maximum absolute atomic E-state index is 11.2. The van der Waals surface area contributed by atoms with Gasteiger partial charge in [0.1, 0.15) is 6.23 Å². The molecule has 1 aliphatic rings. The molecule has 1 heterocycles. The molecule has 1 aliphatic heterocycles. The number of methoxy groups -OCH3 is 1. The number of aliphatic carboxylic acids is 1. The minimum atomic E-state index is -0.980. The van der Waals surface area contributed by atoms with Crippen LogP contribution in [-0.2, 0) is 19.9 Å². The van der Waals surface area contributed by atoms with Crippen LogP contribution in [0.2, 0.25) is 0 Å². The highest BCUT2D eigenvalue weighted by Gasteiger charge is 2.48. The van der Waals surface area contributed by atoms with Crippen LogP contribution in [0, 0.1) is 0 Å². The molecule has 0 aromatic heterocycles. The Morgan fingerprint density at radius 2 is 1.56 bits per heavy atom. The van der Waals surface area contributed by atoms with Crippen LogP contribution in [0.5, 0.6) is 0 Å². The summed E-state index contributed by atoms with van der Waals surface area (Å²) in [4.78, 5) is 11.2. The van der Waals surface area contributed by atoms with Crippen molar-refractivity contribution < 1.29 is 19.4 Å². The summed E-state index contributed by atoms with van der Waals surface area (Å²) in [6.07, 6.45) is -1.49. The first-order valence-corrected chi connectivity index (χ1v) is 8.46. The highest BCUT2D eigenvalue weighted by Crippen LogP contribution is 2.38. The van der Waals surface area contributed by atoms with E-state index in [-0.39, 0.29) is 6.54 Å². The van der Waals surface area contributed by atoms with E-state index in [1.165, 1.54) is 0 Å². The molecule has 2 aromatic rings. The number of carbonyl (C=O) groups is 1. The zero-order valence-corrected chi connectivity index (χ0v) is 14.8. The van der Waals surface area contributed by atoms with Crippen LogP contribution in [0.15, 0.2) is 60.7 Å². The second-order valence-corrected chi connectivity index (χ2v) is 5.42. The molecular weight excluding hydrogens is 318 g/mol. The zero-order chi connectivity index (χ0) is 18.3. The summed E-state index contributed by atoms with van der Waals surface area (Å²) in [7, 11) is 1.61. The van der Waals surface area contributed by atoms with Crippen LogP contribution >= 0.6 is 0 Å². The van der Waals surface area contributed by atoms with Crippen LogP contribution < -0.4 is 5.32 Å². The molecule has 5 nitrogen and oxygen atoms in total. The molecule has 1 saturated heterocycles. The van der Waals surface area contributed by atoms with Crippen LogP contribution in [0.1, 0.15) is 25.0 Å². The van der Waals surface area contributed by atoms with E-state index in [4.69, 9.17) is 9.47 Å². The maximum Gasteiger partial charge on any atom is 0.334 e. The minimum Gasteiger partial charge on any atom is -0.479 e. The van der Waals surface area contributed by atoms with Crippen LogP contribution in [-0.4, -0.2) is 37.1 Å². The van der Waals surface area contributed by atoms with Crippen LogP contribution in [0.3, 0.4) is 0 Å². The quantitative estimate of drug-likeness (QED) is 0.873. The Morgan fingerprint density at radius 1 is 1.08 bits per heavy atom. The maximum atomic E-state index is 11.2. The summed E-state index contributed by atoms with van der Waals surface area (Å²) in [6, 6.07) is 19.4. The summed E-state index contributed by atoms with van der Waals surface area (Å²) in [5, 5.41) is 12.4. The Balaban J connectivity index is 0.00000109. The van der Waals surface area contributed by atoms with Gasteiger partial charge in [-0.15, -0.1) is 0 Å². The van der Waals surface area contributed by atoms with E-state index in [9.17, 15) is 9.90 Å². The number of carboxylic acid groups (broad SMARTS) is 1. The Hall–Kier alpha value is -2.21.